The lowest BCUT2D eigenvalue weighted by atomic mass is 10.1. The Balaban J connectivity index is 2.42. The molecule has 0 bridgehead atoms. The van der Waals surface area contributed by atoms with Gasteiger partial charge in [-0.25, -0.2) is 0 Å². The topological polar surface area (TPSA) is 50.1 Å². The van der Waals surface area contributed by atoms with Gasteiger partial charge in [0.05, 0.1) is 22.9 Å². The van der Waals surface area contributed by atoms with Crippen molar-refractivity contribution in [1.82, 2.24) is 15.1 Å². The Morgan fingerprint density at radius 2 is 2.00 bits per heavy atom. The molecule has 0 saturated carbocycles. The van der Waals surface area contributed by atoms with Gasteiger partial charge < -0.3 is 10.4 Å². The SMILES string of the molecule is CC(CO)NCc1cn(C(C)(C)C)nc1-c1ccccc1Cl. The third kappa shape index (κ3) is 3.88. The van der Waals surface area contributed by atoms with E-state index in [9.17, 15) is 5.11 Å². The molecule has 1 aromatic carbocycles. The Kier molecular flexibility index (Phi) is 5.27. The van der Waals surface area contributed by atoms with Crippen molar-refractivity contribution < 1.29 is 5.11 Å². The Labute approximate surface area is 137 Å². The van der Waals surface area contributed by atoms with Crippen LogP contribution in [0.3, 0.4) is 0 Å². The zero-order valence-corrected chi connectivity index (χ0v) is 14.4. The number of hydrogen-bond acceptors (Lipinski definition) is 3. The molecule has 0 spiro atoms. The van der Waals surface area contributed by atoms with Gasteiger partial charge in [0.25, 0.3) is 0 Å². The van der Waals surface area contributed by atoms with Crippen LogP contribution in [0.4, 0.5) is 0 Å². The summed E-state index contributed by atoms with van der Waals surface area (Å²) >= 11 is 6.33. The van der Waals surface area contributed by atoms with Crippen molar-refractivity contribution in [1.29, 1.82) is 0 Å². The van der Waals surface area contributed by atoms with Gasteiger partial charge in [0.15, 0.2) is 0 Å². The van der Waals surface area contributed by atoms with E-state index in [0.29, 0.717) is 11.6 Å². The number of nitrogens with zero attached hydrogens (tertiary/aromatic N) is 2. The predicted molar refractivity (Wildman–Crippen MR) is 91.1 cm³/mol. The minimum atomic E-state index is -0.100. The molecule has 1 unspecified atom stereocenters. The van der Waals surface area contributed by atoms with Crippen LogP contribution >= 0.6 is 11.6 Å². The zero-order chi connectivity index (χ0) is 16.3. The number of halogens is 1. The molecule has 0 aliphatic heterocycles. The van der Waals surface area contributed by atoms with E-state index >= 15 is 0 Å². The van der Waals surface area contributed by atoms with E-state index in [1.54, 1.807) is 0 Å². The molecule has 0 aliphatic rings. The maximum absolute atomic E-state index is 9.17. The Morgan fingerprint density at radius 3 is 2.59 bits per heavy atom. The lowest BCUT2D eigenvalue weighted by Crippen LogP contribution is -2.28. The number of aromatic nitrogens is 2. The Morgan fingerprint density at radius 1 is 1.32 bits per heavy atom. The van der Waals surface area contributed by atoms with Gasteiger partial charge in [-0.15, -0.1) is 0 Å². The first-order chi connectivity index (χ1) is 10.3. The average molecular weight is 322 g/mol. The molecule has 22 heavy (non-hydrogen) atoms. The van der Waals surface area contributed by atoms with Gasteiger partial charge in [-0.3, -0.25) is 4.68 Å². The normalized spacial score (nSPS) is 13.4. The first kappa shape index (κ1) is 17.0. The second-order valence-corrected chi connectivity index (χ2v) is 6.97. The fourth-order valence-electron chi connectivity index (χ4n) is 2.11. The maximum atomic E-state index is 9.17. The minimum absolute atomic E-state index is 0.0390. The van der Waals surface area contributed by atoms with Crippen molar-refractivity contribution in [2.24, 2.45) is 0 Å². The van der Waals surface area contributed by atoms with Gasteiger partial charge >= 0.3 is 0 Å². The van der Waals surface area contributed by atoms with Crippen molar-refractivity contribution >= 4 is 11.6 Å². The maximum Gasteiger partial charge on any atom is 0.0983 e. The van der Waals surface area contributed by atoms with Crippen LogP contribution in [0.15, 0.2) is 30.5 Å². The summed E-state index contributed by atoms with van der Waals surface area (Å²) in [5.41, 5.74) is 2.79. The number of nitrogens with one attached hydrogen (secondary N) is 1. The van der Waals surface area contributed by atoms with E-state index in [1.165, 1.54) is 0 Å². The van der Waals surface area contributed by atoms with E-state index in [4.69, 9.17) is 16.7 Å². The van der Waals surface area contributed by atoms with Crippen LogP contribution in [0.5, 0.6) is 0 Å². The molecular formula is C17H24ClN3O. The quantitative estimate of drug-likeness (QED) is 0.887. The molecule has 2 rings (SSSR count). The lowest BCUT2D eigenvalue weighted by Gasteiger charge is -2.19. The van der Waals surface area contributed by atoms with Crippen LogP contribution in [0.1, 0.15) is 33.3 Å². The van der Waals surface area contributed by atoms with E-state index in [2.05, 4.69) is 32.3 Å². The molecule has 2 N–H and O–H groups in total. The molecule has 1 heterocycles. The molecule has 0 aliphatic carbocycles. The molecular weight excluding hydrogens is 298 g/mol. The third-order valence-electron chi connectivity index (χ3n) is 3.52. The van der Waals surface area contributed by atoms with Gasteiger partial charge in [-0.05, 0) is 33.8 Å². The minimum Gasteiger partial charge on any atom is -0.395 e. The third-order valence-corrected chi connectivity index (χ3v) is 3.85. The first-order valence-electron chi connectivity index (χ1n) is 7.51. The summed E-state index contributed by atoms with van der Waals surface area (Å²) in [6.07, 6.45) is 2.05. The van der Waals surface area contributed by atoms with Gasteiger partial charge in [-0.1, -0.05) is 29.8 Å². The van der Waals surface area contributed by atoms with Crippen molar-refractivity contribution in [3.63, 3.8) is 0 Å². The summed E-state index contributed by atoms with van der Waals surface area (Å²) in [5.74, 6) is 0. The largest absolute Gasteiger partial charge is 0.395 e. The highest BCUT2D eigenvalue weighted by atomic mass is 35.5. The van der Waals surface area contributed by atoms with Crippen LogP contribution in [0, 0.1) is 0 Å². The zero-order valence-electron chi connectivity index (χ0n) is 13.6. The Hall–Kier alpha value is -1.36. The first-order valence-corrected chi connectivity index (χ1v) is 7.89. The molecule has 120 valence electrons. The van der Waals surface area contributed by atoms with Crippen LogP contribution < -0.4 is 5.32 Å². The number of aliphatic hydroxyl groups is 1. The molecule has 0 amide bonds. The Bertz CT molecular complexity index is 631. The van der Waals surface area contributed by atoms with Gasteiger partial charge in [-0.2, -0.15) is 5.10 Å². The molecule has 0 saturated heterocycles. The fraction of sp³-hybridized carbons (Fsp3) is 0.471. The molecule has 0 fully saturated rings. The summed E-state index contributed by atoms with van der Waals surface area (Å²) in [7, 11) is 0. The summed E-state index contributed by atoms with van der Waals surface area (Å²) < 4.78 is 1.96. The van der Waals surface area contributed by atoms with E-state index in [0.717, 1.165) is 16.8 Å². The van der Waals surface area contributed by atoms with E-state index in [-0.39, 0.29) is 18.2 Å². The summed E-state index contributed by atoms with van der Waals surface area (Å²) in [4.78, 5) is 0. The molecule has 0 radical (unpaired) electrons. The molecule has 4 nitrogen and oxygen atoms in total. The van der Waals surface area contributed by atoms with Crippen molar-refractivity contribution in [3.05, 3.63) is 41.0 Å². The second-order valence-electron chi connectivity index (χ2n) is 6.56. The average Bonchev–Trinajstić information content (AvgIpc) is 2.89. The highest BCUT2D eigenvalue weighted by Gasteiger charge is 2.20. The summed E-state index contributed by atoms with van der Waals surface area (Å²) in [5, 5.41) is 17.9. The molecule has 1 atom stereocenters. The molecule has 1 aromatic heterocycles. The van der Waals surface area contributed by atoms with Gasteiger partial charge in [0, 0.05) is 29.9 Å². The monoisotopic (exact) mass is 321 g/mol. The smallest absolute Gasteiger partial charge is 0.0983 e. The second kappa shape index (κ2) is 6.82. The molecule has 2 aromatic rings. The number of rotatable bonds is 5. The number of aliphatic hydroxyl groups excluding tert-OH is 1. The van der Waals surface area contributed by atoms with Crippen LogP contribution in [0.25, 0.3) is 11.3 Å². The van der Waals surface area contributed by atoms with Crippen molar-refractivity contribution in [3.8, 4) is 11.3 Å². The highest BCUT2D eigenvalue weighted by Crippen LogP contribution is 2.30. The van der Waals surface area contributed by atoms with Gasteiger partial charge in [0.2, 0.25) is 0 Å². The van der Waals surface area contributed by atoms with Gasteiger partial charge in [0.1, 0.15) is 0 Å². The molecule has 5 heteroatoms. The van der Waals surface area contributed by atoms with E-state index in [1.807, 2.05) is 35.9 Å². The van der Waals surface area contributed by atoms with Crippen LogP contribution in [-0.4, -0.2) is 27.5 Å². The summed E-state index contributed by atoms with van der Waals surface area (Å²) in [6, 6.07) is 7.78. The number of hydrogen-bond donors (Lipinski definition) is 2. The van der Waals surface area contributed by atoms with Crippen molar-refractivity contribution in [2.45, 2.75) is 45.8 Å². The van der Waals surface area contributed by atoms with Crippen LogP contribution in [0.2, 0.25) is 5.02 Å². The number of benzene rings is 1. The standard InChI is InChI=1S/C17H24ClN3O/c1-12(11-22)19-9-13-10-21(17(2,3)4)20-16(13)14-7-5-6-8-15(14)18/h5-8,10,12,19,22H,9,11H2,1-4H3. The van der Waals surface area contributed by atoms with E-state index < -0.39 is 0 Å². The summed E-state index contributed by atoms with van der Waals surface area (Å²) in [6.45, 7) is 9.04. The fourth-order valence-corrected chi connectivity index (χ4v) is 2.34. The van der Waals surface area contributed by atoms with Crippen molar-refractivity contribution in [2.75, 3.05) is 6.61 Å². The predicted octanol–water partition coefficient (Wildman–Crippen LogP) is 3.43. The lowest BCUT2D eigenvalue weighted by molar-refractivity contribution is 0.251. The van der Waals surface area contributed by atoms with Crippen LogP contribution in [-0.2, 0) is 12.1 Å². The highest BCUT2D eigenvalue weighted by molar-refractivity contribution is 6.33.